The zero-order valence-corrected chi connectivity index (χ0v) is 33.7. The molecule has 1 saturated heterocycles. The third-order valence-corrected chi connectivity index (χ3v) is 10.00. The Morgan fingerprint density at radius 3 is 1.70 bits per heavy atom. The van der Waals surface area contributed by atoms with Gasteiger partial charge in [-0.1, -0.05) is 33.8 Å². The lowest BCUT2D eigenvalue weighted by Crippen LogP contribution is -2.72. The molecule has 3 aliphatic rings. The van der Waals surface area contributed by atoms with Crippen LogP contribution in [0.3, 0.4) is 0 Å². The van der Waals surface area contributed by atoms with Crippen LogP contribution in [0.5, 0.6) is 0 Å². The van der Waals surface area contributed by atoms with Crippen LogP contribution in [-0.4, -0.2) is 112 Å². The molecule has 1 aliphatic heterocycles. The molecule has 1 N–H and O–H groups in total. The van der Waals surface area contributed by atoms with E-state index in [0.717, 1.165) is 54.5 Å². The van der Waals surface area contributed by atoms with Gasteiger partial charge in [-0.15, -0.1) is 0 Å². The summed E-state index contributed by atoms with van der Waals surface area (Å²) in [5, 5.41) is 12.1. The molecular weight excluding hydrogens is 744 g/mol. The van der Waals surface area contributed by atoms with Gasteiger partial charge in [-0.3, -0.25) is 43.2 Å². The predicted octanol–water partition coefficient (Wildman–Crippen LogP) is 1.92. The molecule has 1 saturated carbocycles. The zero-order valence-electron chi connectivity index (χ0n) is 33.7. The van der Waals surface area contributed by atoms with Gasteiger partial charge >= 0.3 is 47.8 Å². The summed E-state index contributed by atoms with van der Waals surface area (Å²) in [4.78, 5) is 121. The lowest BCUT2D eigenvalue weighted by atomic mass is 9.65. The second kappa shape index (κ2) is 16.3. The number of ketones is 1. The van der Waals surface area contributed by atoms with Crippen molar-refractivity contribution < 1.29 is 86.2 Å². The highest BCUT2D eigenvalue weighted by atomic mass is 16.7. The molecule has 312 valence electrons. The summed E-state index contributed by atoms with van der Waals surface area (Å²) in [6.07, 6.45) is -9.63. The van der Waals surface area contributed by atoms with Crippen LogP contribution in [0.2, 0.25) is 0 Å². The van der Waals surface area contributed by atoms with Gasteiger partial charge in [-0.2, -0.15) is 0 Å². The van der Waals surface area contributed by atoms with Gasteiger partial charge in [0.1, 0.15) is 5.60 Å². The van der Waals surface area contributed by atoms with Crippen LogP contribution in [0.4, 0.5) is 0 Å². The third-order valence-electron chi connectivity index (χ3n) is 10.00. The number of carbonyl (C=O) groups is 9. The number of esters is 8. The number of rotatable bonds is 8. The fourth-order valence-corrected chi connectivity index (χ4v) is 8.04. The van der Waals surface area contributed by atoms with Gasteiger partial charge in [0.25, 0.3) is 0 Å². The number of Topliss-reactive ketones (excluding diaryl/α,β-unsaturated/α-hetero) is 1. The Labute approximate surface area is 324 Å². The van der Waals surface area contributed by atoms with Crippen molar-refractivity contribution in [2.45, 2.75) is 155 Å². The van der Waals surface area contributed by atoms with Gasteiger partial charge in [-0.05, 0) is 19.9 Å². The molecule has 1 heterocycles. The largest absolute Gasteiger partial charge is 0.458 e. The van der Waals surface area contributed by atoms with E-state index in [2.05, 4.69) is 0 Å². The van der Waals surface area contributed by atoms with E-state index in [4.69, 9.17) is 37.9 Å². The molecule has 0 aromatic heterocycles. The monoisotopic (exact) mass is 796 g/mol. The number of ether oxygens (including phenoxy) is 8. The minimum atomic E-state index is -2.78. The zero-order chi connectivity index (χ0) is 42.9. The van der Waals surface area contributed by atoms with Gasteiger partial charge in [0.2, 0.25) is 5.78 Å². The average molecular weight is 797 g/mol. The number of hydrogen-bond donors (Lipinski definition) is 1. The summed E-state index contributed by atoms with van der Waals surface area (Å²) in [6, 6.07) is 0. The van der Waals surface area contributed by atoms with Crippen LogP contribution >= 0.6 is 0 Å². The molecule has 0 bridgehead atoms. The molecule has 10 atom stereocenters. The minimum absolute atomic E-state index is 0.577. The maximum atomic E-state index is 15.2. The predicted molar refractivity (Wildman–Crippen MR) is 186 cm³/mol. The van der Waals surface area contributed by atoms with Gasteiger partial charge in [-0.25, -0.2) is 0 Å². The first-order valence-corrected chi connectivity index (χ1v) is 18.0. The van der Waals surface area contributed by atoms with Crippen molar-refractivity contribution in [1.82, 2.24) is 0 Å². The van der Waals surface area contributed by atoms with Crippen molar-refractivity contribution in [3.8, 4) is 0 Å². The Balaban J connectivity index is 2.80. The van der Waals surface area contributed by atoms with Gasteiger partial charge < -0.3 is 43.0 Å². The smallest absolute Gasteiger partial charge is 0.308 e. The van der Waals surface area contributed by atoms with Crippen molar-refractivity contribution in [1.29, 1.82) is 0 Å². The highest BCUT2D eigenvalue weighted by molar-refractivity contribution is 5.98. The fourth-order valence-electron chi connectivity index (χ4n) is 8.04. The van der Waals surface area contributed by atoms with Crippen molar-refractivity contribution in [2.75, 3.05) is 0 Å². The molecule has 0 amide bonds. The molecule has 18 heteroatoms. The molecule has 3 rings (SSSR count). The van der Waals surface area contributed by atoms with Crippen LogP contribution < -0.4 is 0 Å². The summed E-state index contributed by atoms with van der Waals surface area (Å²) in [5.41, 5.74) is -11.7. The Bertz CT molecular complexity index is 1680. The highest BCUT2D eigenvalue weighted by Crippen LogP contribution is 2.57. The van der Waals surface area contributed by atoms with E-state index in [1.807, 2.05) is 0 Å². The maximum Gasteiger partial charge on any atom is 0.308 e. The van der Waals surface area contributed by atoms with Crippen LogP contribution in [0.15, 0.2) is 12.2 Å². The topological polar surface area (TPSA) is 248 Å². The van der Waals surface area contributed by atoms with Gasteiger partial charge in [0.15, 0.2) is 47.3 Å². The van der Waals surface area contributed by atoms with Crippen molar-refractivity contribution >= 4 is 53.5 Å². The quantitative estimate of drug-likeness (QED) is 0.209. The summed E-state index contributed by atoms with van der Waals surface area (Å²) >= 11 is 0. The van der Waals surface area contributed by atoms with Gasteiger partial charge in [0, 0.05) is 66.2 Å². The first-order valence-electron chi connectivity index (χ1n) is 18.0. The Morgan fingerprint density at radius 1 is 0.696 bits per heavy atom. The SMILES string of the molecule is CC(=O)O[C@@H]1[C@H](OC(C)=O)C(C)(C)/C=C/[C@](C)(O)C(=O)[C@]2(OC(C)=O)C[C@](C)(OC(C)=O)[C@@H](OC(C)=O)[C@H]2[C@@H]2OC(=O)CC[C@]2(OC(C)=O)[C@H]1OC(=O)C(C)C. The third kappa shape index (κ3) is 9.22. The minimum Gasteiger partial charge on any atom is -0.458 e. The highest BCUT2D eigenvalue weighted by Gasteiger charge is 2.77. The van der Waals surface area contributed by atoms with E-state index in [-0.39, 0.29) is 0 Å². The van der Waals surface area contributed by atoms with Crippen molar-refractivity contribution in [2.24, 2.45) is 17.3 Å². The first-order chi connectivity index (χ1) is 25.5. The normalized spacial score (nSPS) is 35.8. The Kier molecular flexibility index (Phi) is 13.3. The van der Waals surface area contributed by atoms with Crippen LogP contribution in [0, 0.1) is 17.3 Å². The molecule has 0 radical (unpaired) electrons. The molecule has 18 nitrogen and oxygen atoms in total. The molecule has 2 fully saturated rings. The number of carbonyl (C=O) groups excluding carboxylic acids is 9. The van der Waals surface area contributed by atoms with Crippen LogP contribution in [0.25, 0.3) is 0 Å². The summed E-state index contributed by atoms with van der Waals surface area (Å²) in [6.45, 7) is 14.0. The molecular formula is C38H52O18. The van der Waals surface area contributed by atoms with E-state index in [1.165, 1.54) is 40.7 Å². The maximum absolute atomic E-state index is 15.2. The molecule has 0 unspecified atom stereocenters. The second-order valence-electron chi connectivity index (χ2n) is 15.8. The molecule has 0 aromatic rings. The van der Waals surface area contributed by atoms with Crippen molar-refractivity contribution in [3.05, 3.63) is 12.2 Å². The average Bonchev–Trinajstić information content (AvgIpc) is 3.25. The lowest BCUT2D eigenvalue weighted by Gasteiger charge is -2.53. The van der Waals surface area contributed by atoms with E-state index >= 15 is 4.79 Å². The van der Waals surface area contributed by atoms with E-state index in [1.54, 1.807) is 0 Å². The number of aliphatic hydroxyl groups is 1. The molecule has 0 spiro atoms. The van der Waals surface area contributed by atoms with Crippen molar-refractivity contribution in [3.63, 3.8) is 0 Å². The molecule has 2 aliphatic carbocycles. The summed E-state index contributed by atoms with van der Waals surface area (Å²) in [5.74, 6) is -12.4. The molecule has 56 heavy (non-hydrogen) atoms. The summed E-state index contributed by atoms with van der Waals surface area (Å²) < 4.78 is 47.2. The van der Waals surface area contributed by atoms with E-state index in [9.17, 15) is 43.5 Å². The Hall–Kier alpha value is -4.87. The Morgan fingerprint density at radius 2 is 1.21 bits per heavy atom. The number of hydrogen-bond acceptors (Lipinski definition) is 18. The second-order valence-corrected chi connectivity index (χ2v) is 15.8. The number of fused-ring (bicyclic) bond motifs is 3. The van der Waals surface area contributed by atoms with Crippen LogP contribution in [0.1, 0.15) is 102 Å². The lowest BCUT2D eigenvalue weighted by molar-refractivity contribution is -0.273. The van der Waals surface area contributed by atoms with E-state index in [0.29, 0.717) is 0 Å². The van der Waals surface area contributed by atoms with E-state index < -0.39 is 143 Å². The first kappa shape index (κ1) is 45.5. The standard InChI is InChI=1S/C38H52O18/c1-18(2)32(46)53-31-27(49-19(3)39)30(51-21(5)41)34(9,10)15-16-35(11,48)33(47)38(56-24(8)44)17-36(12,54-22(6)42)28(50-20(4)40)26(38)29-37(31,55-23(7)43)14-13-25(45)52-29/h15-16,18,26-31,48H,13-14,17H2,1-12H3/b16-15+/t26-,27+,28-,29-,30-,31-,35-,36-,37+,38-/m0/s1. The molecule has 0 aromatic carbocycles. The fraction of sp³-hybridized carbons (Fsp3) is 0.711. The summed E-state index contributed by atoms with van der Waals surface area (Å²) in [7, 11) is 0. The van der Waals surface area contributed by atoms with Gasteiger partial charge in [0.05, 0.1) is 11.8 Å². The van der Waals surface area contributed by atoms with Crippen LogP contribution in [-0.2, 0) is 81.0 Å².